The number of hydrogen-bond acceptors (Lipinski definition) is 3. The van der Waals surface area contributed by atoms with Gasteiger partial charge in [0.1, 0.15) is 0 Å². The molecule has 16 heavy (non-hydrogen) atoms. The molecule has 0 atom stereocenters. The van der Waals surface area contributed by atoms with Crippen molar-refractivity contribution in [1.29, 1.82) is 0 Å². The van der Waals surface area contributed by atoms with Gasteiger partial charge in [-0.1, -0.05) is 13.8 Å². The van der Waals surface area contributed by atoms with Crippen molar-refractivity contribution in [2.45, 2.75) is 33.7 Å². The van der Waals surface area contributed by atoms with Crippen molar-refractivity contribution in [3.05, 3.63) is 0 Å². The minimum absolute atomic E-state index is 0.545. The van der Waals surface area contributed by atoms with Gasteiger partial charge in [0, 0.05) is 25.7 Å². The minimum atomic E-state index is 0.545. The molecule has 5 heteroatoms. The average Bonchev–Trinajstić information content (AvgIpc) is 2.22. The lowest BCUT2D eigenvalue weighted by Crippen LogP contribution is -2.45. The summed E-state index contributed by atoms with van der Waals surface area (Å²) in [5, 5.41) is 3.18. The monoisotopic (exact) mass is 229 g/mol. The zero-order chi connectivity index (χ0) is 12.6. The molecule has 0 saturated heterocycles. The first-order chi connectivity index (χ1) is 7.47. The molecule has 0 aromatic carbocycles. The fourth-order valence-electron chi connectivity index (χ4n) is 1.04. The van der Waals surface area contributed by atoms with E-state index in [0.717, 1.165) is 19.6 Å². The Kier molecular flexibility index (Phi) is 7.93. The van der Waals surface area contributed by atoms with Crippen LogP contribution in [-0.2, 0) is 0 Å². The third-order valence-corrected chi connectivity index (χ3v) is 2.39. The van der Waals surface area contributed by atoms with E-state index in [4.69, 9.17) is 5.84 Å². The van der Waals surface area contributed by atoms with E-state index in [0.29, 0.717) is 17.9 Å². The van der Waals surface area contributed by atoms with E-state index >= 15 is 0 Å². The number of hydrogen-bond donors (Lipinski definition) is 3. The SMILES string of the molecule is CC(C)CN=C(NN)NCCN(C)C(C)C. The molecule has 0 spiro atoms. The van der Waals surface area contributed by atoms with Crippen LogP contribution in [0.3, 0.4) is 0 Å². The van der Waals surface area contributed by atoms with E-state index < -0.39 is 0 Å². The van der Waals surface area contributed by atoms with E-state index in [2.05, 4.69) is 55.4 Å². The molecule has 96 valence electrons. The number of aliphatic imine (C=N–C) groups is 1. The fourth-order valence-corrected chi connectivity index (χ4v) is 1.04. The molecule has 0 aliphatic rings. The highest BCUT2D eigenvalue weighted by atomic mass is 15.3. The van der Waals surface area contributed by atoms with Gasteiger partial charge in [0.2, 0.25) is 5.96 Å². The van der Waals surface area contributed by atoms with Gasteiger partial charge in [-0.2, -0.15) is 0 Å². The molecule has 0 saturated carbocycles. The molecule has 0 amide bonds. The number of nitrogens with zero attached hydrogens (tertiary/aromatic N) is 2. The molecule has 0 aliphatic carbocycles. The Morgan fingerprint density at radius 3 is 2.38 bits per heavy atom. The van der Waals surface area contributed by atoms with Gasteiger partial charge in [0.25, 0.3) is 0 Å². The van der Waals surface area contributed by atoms with Crippen LogP contribution in [0.25, 0.3) is 0 Å². The first-order valence-corrected chi connectivity index (χ1v) is 5.92. The van der Waals surface area contributed by atoms with Gasteiger partial charge in [0.05, 0.1) is 0 Å². The highest BCUT2D eigenvalue weighted by molar-refractivity contribution is 5.79. The quantitative estimate of drug-likeness (QED) is 0.267. The van der Waals surface area contributed by atoms with Crippen LogP contribution in [0.2, 0.25) is 0 Å². The van der Waals surface area contributed by atoms with Crippen molar-refractivity contribution in [2.75, 3.05) is 26.7 Å². The average molecular weight is 229 g/mol. The zero-order valence-electron chi connectivity index (χ0n) is 11.2. The van der Waals surface area contributed by atoms with E-state index in [1.807, 2.05) is 0 Å². The Bertz CT molecular complexity index is 201. The second-order valence-electron chi connectivity index (χ2n) is 4.73. The molecular formula is C11H27N5. The minimum Gasteiger partial charge on any atom is -0.354 e. The highest BCUT2D eigenvalue weighted by Gasteiger charge is 2.02. The van der Waals surface area contributed by atoms with Crippen molar-refractivity contribution in [3.63, 3.8) is 0 Å². The van der Waals surface area contributed by atoms with Crippen LogP contribution in [-0.4, -0.2) is 43.6 Å². The van der Waals surface area contributed by atoms with Crippen LogP contribution in [0.1, 0.15) is 27.7 Å². The Hall–Kier alpha value is -0.810. The lowest BCUT2D eigenvalue weighted by Gasteiger charge is -2.21. The summed E-state index contributed by atoms with van der Waals surface area (Å²) in [7, 11) is 2.10. The lowest BCUT2D eigenvalue weighted by molar-refractivity contribution is 0.278. The van der Waals surface area contributed by atoms with Crippen LogP contribution in [0.15, 0.2) is 4.99 Å². The van der Waals surface area contributed by atoms with Gasteiger partial charge < -0.3 is 10.2 Å². The van der Waals surface area contributed by atoms with E-state index in [-0.39, 0.29) is 0 Å². The molecule has 0 aliphatic heterocycles. The molecule has 0 heterocycles. The van der Waals surface area contributed by atoms with Crippen LogP contribution in [0.4, 0.5) is 0 Å². The largest absolute Gasteiger partial charge is 0.354 e. The lowest BCUT2D eigenvalue weighted by atomic mass is 10.2. The summed E-state index contributed by atoms with van der Waals surface area (Å²) >= 11 is 0. The van der Waals surface area contributed by atoms with Crippen LogP contribution in [0.5, 0.6) is 0 Å². The van der Waals surface area contributed by atoms with Gasteiger partial charge in [0.15, 0.2) is 0 Å². The highest BCUT2D eigenvalue weighted by Crippen LogP contribution is 1.92. The molecule has 4 N–H and O–H groups in total. The second-order valence-corrected chi connectivity index (χ2v) is 4.73. The van der Waals surface area contributed by atoms with Crippen molar-refractivity contribution >= 4 is 5.96 Å². The van der Waals surface area contributed by atoms with Gasteiger partial charge >= 0.3 is 0 Å². The van der Waals surface area contributed by atoms with Crippen molar-refractivity contribution in [3.8, 4) is 0 Å². The first kappa shape index (κ1) is 15.2. The van der Waals surface area contributed by atoms with Crippen molar-refractivity contribution < 1.29 is 0 Å². The van der Waals surface area contributed by atoms with Crippen molar-refractivity contribution in [1.82, 2.24) is 15.6 Å². The predicted octanol–water partition coefficient (Wildman–Crippen LogP) is 0.392. The summed E-state index contributed by atoms with van der Waals surface area (Å²) in [6.45, 7) is 11.2. The van der Waals surface area contributed by atoms with E-state index in [9.17, 15) is 0 Å². The maximum atomic E-state index is 5.38. The molecule has 0 unspecified atom stereocenters. The third kappa shape index (κ3) is 7.48. The number of nitrogens with two attached hydrogens (primary N) is 1. The Morgan fingerprint density at radius 1 is 1.31 bits per heavy atom. The van der Waals surface area contributed by atoms with E-state index in [1.165, 1.54) is 0 Å². The topological polar surface area (TPSA) is 65.7 Å². The molecule has 0 bridgehead atoms. The van der Waals surface area contributed by atoms with Crippen molar-refractivity contribution in [2.24, 2.45) is 16.8 Å². The summed E-state index contributed by atoms with van der Waals surface area (Å²) in [4.78, 5) is 6.60. The smallest absolute Gasteiger partial charge is 0.205 e. The van der Waals surface area contributed by atoms with Gasteiger partial charge in [-0.15, -0.1) is 0 Å². The molecular weight excluding hydrogens is 202 g/mol. The molecule has 0 aromatic heterocycles. The maximum Gasteiger partial charge on any atom is 0.205 e. The Morgan fingerprint density at radius 2 is 1.94 bits per heavy atom. The summed E-state index contributed by atoms with van der Waals surface area (Å²) in [5.74, 6) is 6.60. The zero-order valence-corrected chi connectivity index (χ0v) is 11.2. The molecule has 5 nitrogen and oxygen atoms in total. The molecule has 0 fully saturated rings. The normalized spacial score (nSPS) is 12.7. The number of guanidine groups is 1. The van der Waals surface area contributed by atoms with Crippen LogP contribution >= 0.6 is 0 Å². The van der Waals surface area contributed by atoms with Gasteiger partial charge in [-0.3, -0.25) is 10.4 Å². The number of likely N-dealkylation sites (N-methyl/N-ethyl adjacent to an activating group) is 1. The van der Waals surface area contributed by atoms with Crippen LogP contribution < -0.4 is 16.6 Å². The summed E-state index contributed by atoms with van der Waals surface area (Å²) in [6.07, 6.45) is 0. The maximum absolute atomic E-state index is 5.38. The number of hydrazine groups is 1. The second kappa shape index (κ2) is 8.35. The van der Waals surface area contributed by atoms with Gasteiger partial charge in [-0.05, 0) is 26.8 Å². The van der Waals surface area contributed by atoms with Gasteiger partial charge in [-0.25, -0.2) is 5.84 Å². The molecule has 0 rings (SSSR count). The molecule has 0 radical (unpaired) electrons. The molecule has 0 aromatic rings. The Balaban J connectivity index is 3.83. The van der Waals surface area contributed by atoms with E-state index in [1.54, 1.807) is 0 Å². The number of nitrogens with one attached hydrogen (secondary N) is 2. The number of rotatable bonds is 6. The summed E-state index contributed by atoms with van der Waals surface area (Å²) in [6, 6.07) is 0.559. The standard InChI is InChI=1S/C11H27N5/c1-9(2)8-14-11(15-12)13-6-7-16(5)10(3)4/h9-10H,6-8,12H2,1-5H3,(H2,13,14,15). The third-order valence-electron chi connectivity index (χ3n) is 2.39. The Labute approximate surface area is 99.5 Å². The first-order valence-electron chi connectivity index (χ1n) is 5.92. The predicted molar refractivity (Wildman–Crippen MR) is 70.2 cm³/mol. The fraction of sp³-hybridized carbons (Fsp3) is 0.909. The summed E-state index contributed by atoms with van der Waals surface area (Å²) in [5.41, 5.74) is 2.58. The van der Waals surface area contributed by atoms with Crippen LogP contribution in [0, 0.1) is 5.92 Å². The summed E-state index contributed by atoms with van der Waals surface area (Å²) < 4.78 is 0.